The van der Waals surface area contributed by atoms with E-state index in [1.165, 1.54) is 0 Å². The Kier molecular flexibility index (Phi) is 5.23. The number of rotatable bonds is 6. The number of amides is 1. The summed E-state index contributed by atoms with van der Waals surface area (Å²) in [5.41, 5.74) is 1.47. The lowest BCUT2D eigenvalue weighted by Gasteiger charge is -2.16. The van der Waals surface area contributed by atoms with Crippen LogP contribution < -0.4 is 9.47 Å². The number of carbonyl (C=O) groups is 1. The standard InChI is InChI=1S/C21H21N3O4/c1-26-16-10-8-15(9-11-16)21-22-20(23-28-21)17-6-2-3-7-18(17)27-14-19(25)24-12-4-5-13-24/h2-3,6-11H,4-5,12-14H2,1H3. The predicted molar refractivity (Wildman–Crippen MR) is 103 cm³/mol. The van der Waals surface area contributed by atoms with Gasteiger partial charge >= 0.3 is 0 Å². The summed E-state index contributed by atoms with van der Waals surface area (Å²) in [5.74, 6) is 2.12. The smallest absolute Gasteiger partial charge is 0.260 e. The molecule has 1 amide bonds. The number of hydrogen-bond acceptors (Lipinski definition) is 6. The molecule has 0 spiro atoms. The molecular formula is C21H21N3O4. The highest BCUT2D eigenvalue weighted by Gasteiger charge is 2.20. The number of hydrogen-bond donors (Lipinski definition) is 0. The molecule has 3 aromatic rings. The molecule has 7 heteroatoms. The Labute approximate surface area is 162 Å². The minimum atomic E-state index is -0.000614. The molecule has 0 N–H and O–H groups in total. The molecule has 0 aliphatic carbocycles. The normalized spacial score (nSPS) is 13.5. The van der Waals surface area contributed by atoms with Gasteiger partial charge in [0.25, 0.3) is 11.8 Å². The van der Waals surface area contributed by atoms with Gasteiger partial charge in [0.15, 0.2) is 6.61 Å². The minimum Gasteiger partial charge on any atom is -0.497 e. The second kappa shape index (κ2) is 8.12. The lowest BCUT2D eigenvalue weighted by molar-refractivity contribution is -0.132. The fraction of sp³-hybridized carbons (Fsp3) is 0.286. The summed E-state index contributed by atoms with van der Waals surface area (Å²) < 4.78 is 16.4. The first-order valence-electron chi connectivity index (χ1n) is 9.23. The van der Waals surface area contributed by atoms with Crippen LogP contribution in [-0.2, 0) is 4.79 Å². The average Bonchev–Trinajstić information content (AvgIpc) is 3.45. The number of methoxy groups -OCH3 is 1. The Morgan fingerprint density at radius 3 is 2.61 bits per heavy atom. The van der Waals surface area contributed by atoms with E-state index < -0.39 is 0 Å². The molecule has 2 aromatic carbocycles. The van der Waals surface area contributed by atoms with Gasteiger partial charge in [-0.3, -0.25) is 4.79 Å². The van der Waals surface area contributed by atoms with E-state index in [-0.39, 0.29) is 12.5 Å². The SMILES string of the molecule is COc1ccc(-c2nc(-c3ccccc3OCC(=O)N3CCCC3)no2)cc1. The van der Waals surface area contributed by atoms with Gasteiger partial charge in [0.1, 0.15) is 11.5 Å². The van der Waals surface area contributed by atoms with Crippen molar-refractivity contribution in [3.8, 4) is 34.3 Å². The number of nitrogens with zero attached hydrogens (tertiary/aromatic N) is 3. The van der Waals surface area contributed by atoms with Crippen molar-refractivity contribution in [2.45, 2.75) is 12.8 Å². The molecule has 28 heavy (non-hydrogen) atoms. The van der Waals surface area contributed by atoms with Gasteiger partial charge in [-0.05, 0) is 49.2 Å². The number of carbonyl (C=O) groups excluding carboxylic acids is 1. The van der Waals surface area contributed by atoms with Crippen LogP contribution in [0.15, 0.2) is 53.1 Å². The van der Waals surface area contributed by atoms with E-state index in [0.717, 1.165) is 37.2 Å². The third kappa shape index (κ3) is 3.83. The van der Waals surface area contributed by atoms with Crippen LogP contribution in [0.25, 0.3) is 22.8 Å². The largest absolute Gasteiger partial charge is 0.497 e. The molecule has 144 valence electrons. The van der Waals surface area contributed by atoms with E-state index in [4.69, 9.17) is 14.0 Å². The summed E-state index contributed by atoms with van der Waals surface area (Å²) in [6.07, 6.45) is 2.11. The third-order valence-electron chi connectivity index (χ3n) is 4.70. The highest BCUT2D eigenvalue weighted by atomic mass is 16.5. The van der Waals surface area contributed by atoms with E-state index >= 15 is 0 Å². The fourth-order valence-electron chi connectivity index (χ4n) is 3.16. The lowest BCUT2D eigenvalue weighted by Crippen LogP contribution is -2.32. The summed E-state index contributed by atoms with van der Waals surface area (Å²) in [5, 5.41) is 4.08. The Hall–Kier alpha value is -3.35. The highest BCUT2D eigenvalue weighted by molar-refractivity contribution is 5.78. The molecule has 4 rings (SSSR count). The molecule has 1 saturated heterocycles. The summed E-state index contributed by atoms with van der Waals surface area (Å²) in [4.78, 5) is 18.6. The second-order valence-electron chi connectivity index (χ2n) is 6.52. The van der Waals surface area contributed by atoms with Crippen molar-refractivity contribution in [1.82, 2.24) is 15.0 Å². The summed E-state index contributed by atoms with van der Waals surface area (Å²) in [6, 6.07) is 14.7. The van der Waals surface area contributed by atoms with Crippen LogP contribution in [0.3, 0.4) is 0 Å². The Balaban J connectivity index is 1.51. The monoisotopic (exact) mass is 379 g/mol. The zero-order valence-electron chi connectivity index (χ0n) is 15.6. The minimum absolute atomic E-state index is 0.000200. The summed E-state index contributed by atoms with van der Waals surface area (Å²) in [6.45, 7) is 1.61. The maximum absolute atomic E-state index is 12.2. The van der Waals surface area contributed by atoms with E-state index in [0.29, 0.717) is 23.0 Å². The van der Waals surface area contributed by atoms with E-state index in [2.05, 4.69) is 10.1 Å². The molecule has 1 aliphatic heterocycles. The van der Waals surface area contributed by atoms with Gasteiger partial charge in [-0.1, -0.05) is 17.3 Å². The topological polar surface area (TPSA) is 77.7 Å². The number of para-hydroxylation sites is 1. The second-order valence-corrected chi connectivity index (χ2v) is 6.52. The fourth-order valence-corrected chi connectivity index (χ4v) is 3.16. The molecule has 7 nitrogen and oxygen atoms in total. The summed E-state index contributed by atoms with van der Waals surface area (Å²) >= 11 is 0. The highest BCUT2D eigenvalue weighted by Crippen LogP contribution is 2.30. The zero-order valence-corrected chi connectivity index (χ0v) is 15.6. The molecule has 1 aliphatic rings. The molecule has 0 atom stereocenters. The van der Waals surface area contributed by atoms with Crippen molar-refractivity contribution >= 4 is 5.91 Å². The van der Waals surface area contributed by atoms with Crippen LogP contribution in [0.2, 0.25) is 0 Å². The summed E-state index contributed by atoms with van der Waals surface area (Å²) in [7, 11) is 1.62. The molecule has 0 radical (unpaired) electrons. The quantitative estimate of drug-likeness (QED) is 0.653. The Bertz CT molecular complexity index is 946. The van der Waals surface area contributed by atoms with Crippen molar-refractivity contribution in [2.75, 3.05) is 26.8 Å². The lowest BCUT2D eigenvalue weighted by atomic mass is 10.2. The number of ether oxygens (including phenoxy) is 2. The van der Waals surface area contributed by atoms with Gasteiger partial charge < -0.3 is 18.9 Å². The van der Waals surface area contributed by atoms with Crippen LogP contribution >= 0.6 is 0 Å². The number of likely N-dealkylation sites (tertiary alicyclic amines) is 1. The van der Waals surface area contributed by atoms with Crippen LogP contribution in [0.4, 0.5) is 0 Å². The van der Waals surface area contributed by atoms with Crippen LogP contribution in [0, 0.1) is 0 Å². The first-order chi connectivity index (χ1) is 13.7. The number of benzene rings is 2. The van der Waals surface area contributed by atoms with Crippen molar-refractivity contribution in [3.63, 3.8) is 0 Å². The first kappa shape index (κ1) is 18.0. The van der Waals surface area contributed by atoms with Gasteiger partial charge in [0, 0.05) is 18.7 Å². The Morgan fingerprint density at radius 2 is 1.86 bits per heavy atom. The molecule has 0 unspecified atom stereocenters. The molecular weight excluding hydrogens is 358 g/mol. The molecule has 1 fully saturated rings. The van der Waals surface area contributed by atoms with Crippen LogP contribution in [0.5, 0.6) is 11.5 Å². The van der Waals surface area contributed by atoms with E-state index in [1.54, 1.807) is 13.2 Å². The van der Waals surface area contributed by atoms with E-state index in [9.17, 15) is 4.79 Å². The third-order valence-corrected chi connectivity index (χ3v) is 4.70. The molecule has 2 heterocycles. The maximum atomic E-state index is 12.2. The van der Waals surface area contributed by atoms with Crippen LogP contribution in [-0.4, -0.2) is 47.8 Å². The zero-order chi connectivity index (χ0) is 19.3. The molecule has 0 saturated carbocycles. The maximum Gasteiger partial charge on any atom is 0.260 e. The molecule has 0 bridgehead atoms. The predicted octanol–water partition coefficient (Wildman–Crippen LogP) is 3.41. The van der Waals surface area contributed by atoms with Crippen molar-refractivity contribution in [2.24, 2.45) is 0 Å². The number of aromatic nitrogens is 2. The van der Waals surface area contributed by atoms with E-state index in [1.807, 2.05) is 47.4 Å². The van der Waals surface area contributed by atoms with Gasteiger partial charge in [0.2, 0.25) is 5.82 Å². The van der Waals surface area contributed by atoms with Crippen molar-refractivity contribution < 1.29 is 18.8 Å². The molecule has 1 aromatic heterocycles. The van der Waals surface area contributed by atoms with Crippen molar-refractivity contribution in [1.29, 1.82) is 0 Å². The van der Waals surface area contributed by atoms with Crippen molar-refractivity contribution in [3.05, 3.63) is 48.5 Å². The van der Waals surface area contributed by atoms with Crippen LogP contribution in [0.1, 0.15) is 12.8 Å². The van der Waals surface area contributed by atoms with Gasteiger partial charge in [-0.2, -0.15) is 4.98 Å². The average molecular weight is 379 g/mol. The van der Waals surface area contributed by atoms with Gasteiger partial charge in [-0.25, -0.2) is 0 Å². The first-order valence-corrected chi connectivity index (χ1v) is 9.23. The van der Waals surface area contributed by atoms with Gasteiger partial charge in [0.05, 0.1) is 12.7 Å². The Morgan fingerprint density at radius 1 is 1.11 bits per heavy atom. The van der Waals surface area contributed by atoms with Gasteiger partial charge in [-0.15, -0.1) is 0 Å².